The van der Waals surface area contributed by atoms with Gasteiger partial charge in [-0.1, -0.05) is 11.3 Å². The van der Waals surface area contributed by atoms with Crippen LogP contribution in [0, 0.1) is 13.8 Å². The molecule has 0 radical (unpaired) electrons. The van der Waals surface area contributed by atoms with E-state index < -0.39 is 0 Å². The molecular weight excluding hydrogens is 480 g/mol. The van der Waals surface area contributed by atoms with E-state index in [0.29, 0.717) is 48.5 Å². The van der Waals surface area contributed by atoms with Crippen molar-refractivity contribution < 1.29 is 9.53 Å². The Morgan fingerprint density at radius 2 is 1.89 bits per heavy atom. The Kier molecular flexibility index (Phi) is 6.40. The third kappa shape index (κ3) is 4.79. The van der Waals surface area contributed by atoms with E-state index in [4.69, 9.17) is 9.72 Å². The van der Waals surface area contributed by atoms with Gasteiger partial charge in [-0.15, -0.1) is 5.10 Å². The number of rotatable bonds is 6. The zero-order chi connectivity index (χ0) is 26.2. The number of H-pyrrole nitrogens is 1. The van der Waals surface area contributed by atoms with Crippen LogP contribution in [0.5, 0.6) is 5.75 Å². The van der Waals surface area contributed by atoms with E-state index in [1.165, 1.54) is 16.7 Å². The number of carbonyl (C=O) groups is 1. The summed E-state index contributed by atoms with van der Waals surface area (Å²) in [6.07, 6.45) is 3.77. The van der Waals surface area contributed by atoms with E-state index in [0.717, 1.165) is 42.8 Å². The molecule has 10 nitrogen and oxygen atoms in total. The predicted octanol–water partition coefficient (Wildman–Crippen LogP) is 4.13. The molecule has 2 aliphatic rings. The molecule has 0 atom stereocenters. The Bertz CT molecular complexity index is 1470. The SMILES string of the molecule is CCOc1cc2[nH]nnc2cc1C(=O)N1CCC(N2Cc3cnc(Nc4cc(C)cc(C)c4)nc3C2)CC1. The lowest BCUT2D eigenvalue weighted by Crippen LogP contribution is -2.45. The van der Waals surface area contributed by atoms with Gasteiger partial charge < -0.3 is 15.0 Å². The smallest absolute Gasteiger partial charge is 0.257 e. The van der Waals surface area contributed by atoms with Crippen molar-refractivity contribution in [3.8, 4) is 5.75 Å². The summed E-state index contributed by atoms with van der Waals surface area (Å²) >= 11 is 0. The molecule has 196 valence electrons. The molecule has 1 fully saturated rings. The summed E-state index contributed by atoms with van der Waals surface area (Å²) in [5, 5.41) is 14.1. The van der Waals surface area contributed by atoms with Gasteiger partial charge >= 0.3 is 0 Å². The molecule has 0 spiro atoms. The van der Waals surface area contributed by atoms with Crippen LogP contribution >= 0.6 is 0 Å². The summed E-state index contributed by atoms with van der Waals surface area (Å²) < 4.78 is 5.77. The number of nitrogens with zero attached hydrogens (tertiary/aromatic N) is 6. The number of amides is 1. The maximum Gasteiger partial charge on any atom is 0.257 e. The van der Waals surface area contributed by atoms with Crippen LogP contribution in [0.15, 0.2) is 36.5 Å². The minimum Gasteiger partial charge on any atom is -0.493 e. The van der Waals surface area contributed by atoms with Crippen LogP contribution < -0.4 is 10.1 Å². The standard InChI is InChI=1S/C28H32N8O2/c1-4-38-26-13-24-23(32-34-33-24)12-22(26)27(37)35-7-5-21(6-8-35)36-15-19-14-29-28(31-25(19)16-36)30-20-10-17(2)9-18(3)11-20/h9-14,21H,4-8,15-16H2,1-3H3,(H,29,30,31)(H,32,33,34). The second kappa shape index (κ2) is 10.0. The number of aryl methyl sites for hydroxylation is 2. The summed E-state index contributed by atoms with van der Waals surface area (Å²) in [6, 6.07) is 10.3. The molecule has 2 aromatic heterocycles. The number of piperidine rings is 1. The number of fused-ring (bicyclic) bond motifs is 2. The third-order valence-electron chi connectivity index (χ3n) is 7.38. The first-order chi connectivity index (χ1) is 18.5. The van der Waals surface area contributed by atoms with Crippen molar-refractivity contribution in [2.75, 3.05) is 25.0 Å². The molecule has 4 aromatic rings. The Morgan fingerprint density at radius 3 is 2.66 bits per heavy atom. The van der Waals surface area contributed by atoms with E-state index >= 15 is 0 Å². The molecule has 10 heteroatoms. The normalized spacial score (nSPS) is 16.1. The molecule has 6 rings (SSSR count). The molecule has 0 saturated carbocycles. The summed E-state index contributed by atoms with van der Waals surface area (Å²) in [4.78, 5) is 27.2. The zero-order valence-electron chi connectivity index (χ0n) is 22.0. The van der Waals surface area contributed by atoms with Gasteiger partial charge in [-0.05, 0) is 62.9 Å². The highest BCUT2D eigenvalue weighted by molar-refractivity contribution is 6.00. The lowest BCUT2D eigenvalue weighted by Gasteiger charge is -2.36. The summed E-state index contributed by atoms with van der Waals surface area (Å²) in [7, 11) is 0. The number of nitrogens with one attached hydrogen (secondary N) is 2. The minimum atomic E-state index is -0.0190. The van der Waals surface area contributed by atoms with Crippen LogP contribution in [0.25, 0.3) is 11.0 Å². The molecular formula is C28H32N8O2. The van der Waals surface area contributed by atoms with Gasteiger partial charge in [0.15, 0.2) is 0 Å². The van der Waals surface area contributed by atoms with E-state index in [1.54, 1.807) is 6.07 Å². The maximum atomic E-state index is 13.4. The minimum absolute atomic E-state index is 0.0190. The number of aromatic amines is 1. The molecule has 0 aliphatic carbocycles. The van der Waals surface area contributed by atoms with E-state index in [-0.39, 0.29) is 5.91 Å². The van der Waals surface area contributed by atoms with Crippen molar-refractivity contribution >= 4 is 28.6 Å². The highest BCUT2D eigenvalue weighted by Crippen LogP contribution is 2.30. The second-order valence-corrected chi connectivity index (χ2v) is 10.2. The number of anilines is 2. The van der Waals surface area contributed by atoms with Crippen molar-refractivity contribution in [1.82, 2.24) is 35.2 Å². The maximum absolute atomic E-state index is 13.4. The fourth-order valence-electron chi connectivity index (χ4n) is 5.59. The van der Waals surface area contributed by atoms with Gasteiger partial charge in [0, 0.05) is 55.7 Å². The molecule has 2 N–H and O–H groups in total. The van der Waals surface area contributed by atoms with Crippen LogP contribution in [0.1, 0.15) is 52.5 Å². The van der Waals surface area contributed by atoms with Crippen LogP contribution in [0.4, 0.5) is 11.6 Å². The molecule has 0 bridgehead atoms. The Hall–Kier alpha value is -4.05. The highest BCUT2D eigenvalue weighted by Gasteiger charge is 2.32. The second-order valence-electron chi connectivity index (χ2n) is 10.2. The van der Waals surface area contributed by atoms with Crippen LogP contribution in [-0.2, 0) is 13.1 Å². The molecule has 0 unspecified atom stereocenters. The number of hydrogen-bond acceptors (Lipinski definition) is 8. The summed E-state index contributed by atoms with van der Waals surface area (Å²) in [6.45, 7) is 9.61. The van der Waals surface area contributed by atoms with Gasteiger partial charge in [0.05, 0.1) is 23.4 Å². The molecule has 4 heterocycles. The van der Waals surface area contributed by atoms with Gasteiger partial charge in [-0.3, -0.25) is 14.8 Å². The number of ether oxygens (including phenoxy) is 1. The van der Waals surface area contributed by atoms with Crippen molar-refractivity contribution in [3.05, 3.63) is 64.5 Å². The van der Waals surface area contributed by atoms with Gasteiger partial charge in [-0.25, -0.2) is 9.97 Å². The Balaban J connectivity index is 1.09. The van der Waals surface area contributed by atoms with Gasteiger partial charge in [0.1, 0.15) is 11.3 Å². The van der Waals surface area contributed by atoms with E-state index in [1.807, 2.05) is 24.1 Å². The van der Waals surface area contributed by atoms with Crippen LogP contribution in [-0.4, -0.2) is 66.8 Å². The van der Waals surface area contributed by atoms with Crippen molar-refractivity contribution in [2.24, 2.45) is 0 Å². The number of aromatic nitrogens is 5. The van der Waals surface area contributed by atoms with Gasteiger partial charge in [-0.2, -0.15) is 0 Å². The third-order valence-corrected chi connectivity index (χ3v) is 7.38. The number of carbonyl (C=O) groups excluding carboxylic acids is 1. The van der Waals surface area contributed by atoms with Crippen LogP contribution in [0.3, 0.4) is 0 Å². The molecule has 1 amide bonds. The predicted molar refractivity (Wildman–Crippen MR) is 144 cm³/mol. The lowest BCUT2D eigenvalue weighted by molar-refractivity contribution is 0.0610. The average Bonchev–Trinajstić information content (AvgIpc) is 3.54. The first-order valence-corrected chi connectivity index (χ1v) is 13.2. The first kappa shape index (κ1) is 24.3. The fraction of sp³-hybridized carbons (Fsp3) is 0.393. The molecule has 38 heavy (non-hydrogen) atoms. The molecule has 1 saturated heterocycles. The molecule has 2 aliphatic heterocycles. The average molecular weight is 513 g/mol. The van der Waals surface area contributed by atoms with E-state index in [2.05, 4.69) is 62.7 Å². The monoisotopic (exact) mass is 512 g/mol. The summed E-state index contributed by atoms with van der Waals surface area (Å²) in [5.41, 5.74) is 7.63. The largest absolute Gasteiger partial charge is 0.493 e. The van der Waals surface area contributed by atoms with Crippen molar-refractivity contribution in [2.45, 2.75) is 52.7 Å². The number of likely N-dealkylation sites (tertiary alicyclic amines) is 1. The number of benzene rings is 2. The van der Waals surface area contributed by atoms with Crippen molar-refractivity contribution in [3.63, 3.8) is 0 Å². The van der Waals surface area contributed by atoms with Crippen molar-refractivity contribution in [1.29, 1.82) is 0 Å². The van der Waals surface area contributed by atoms with E-state index in [9.17, 15) is 4.79 Å². The van der Waals surface area contributed by atoms with Crippen LogP contribution in [0.2, 0.25) is 0 Å². The fourth-order valence-corrected chi connectivity index (χ4v) is 5.59. The first-order valence-electron chi connectivity index (χ1n) is 13.2. The quantitative estimate of drug-likeness (QED) is 0.397. The van der Waals surface area contributed by atoms with Gasteiger partial charge in [0.25, 0.3) is 5.91 Å². The van der Waals surface area contributed by atoms with Gasteiger partial charge in [0.2, 0.25) is 5.95 Å². The molecule has 2 aromatic carbocycles. The summed E-state index contributed by atoms with van der Waals surface area (Å²) in [5.74, 6) is 1.18. The highest BCUT2D eigenvalue weighted by atomic mass is 16.5. The topological polar surface area (TPSA) is 112 Å². The zero-order valence-corrected chi connectivity index (χ0v) is 22.0. The number of hydrogen-bond donors (Lipinski definition) is 2. The lowest BCUT2D eigenvalue weighted by atomic mass is 10.0. The Morgan fingerprint density at radius 1 is 1.11 bits per heavy atom. The Labute approximate surface area is 221 Å².